The van der Waals surface area contributed by atoms with Crippen molar-refractivity contribution in [3.05, 3.63) is 107 Å². The van der Waals surface area contributed by atoms with Gasteiger partial charge in [0.05, 0.1) is 12.7 Å². The summed E-state index contributed by atoms with van der Waals surface area (Å²) in [5.41, 5.74) is 5.20. The highest BCUT2D eigenvalue weighted by Gasteiger charge is 2.34. The van der Waals surface area contributed by atoms with Gasteiger partial charge in [-0.1, -0.05) is 66.4 Å². The highest BCUT2D eigenvalue weighted by atomic mass is 32.2. The first-order valence-electron chi connectivity index (χ1n) is 11.6. The summed E-state index contributed by atoms with van der Waals surface area (Å²) in [6, 6.07) is 25.2. The fourth-order valence-corrected chi connectivity index (χ4v) is 5.03. The lowest BCUT2D eigenvalue weighted by molar-refractivity contribution is -0.113. The molecule has 182 valence electrons. The molecule has 0 radical (unpaired) electrons. The molecule has 36 heavy (non-hydrogen) atoms. The molecule has 4 aromatic rings. The average Bonchev–Trinajstić information content (AvgIpc) is 3.29. The zero-order valence-corrected chi connectivity index (χ0v) is 21.2. The molecular weight excluding hydrogens is 470 g/mol. The number of ether oxygens (including phenoxy) is 1. The van der Waals surface area contributed by atoms with Crippen molar-refractivity contribution in [2.24, 2.45) is 0 Å². The van der Waals surface area contributed by atoms with E-state index in [4.69, 9.17) is 14.8 Å². The standard InChI is InChI=1S/C28H27N5O2S/c1-18-9-7-13-22(15-18)30-26(34)24-19(2)29-27-31-28(36-17-20-10-5-4-6-11-20)32-33(27)25(24)21-12-8-14-23(16-21)35-3/h4-16,25H,17H2,1-3H3,(H,30,34)(H,29,31,32). The third-order valence-electron chi connectivity index (χ3n) is 5.97. The van der Waals surface area contributed by atoms with E-state index in [1.54, 1.807) is 23.6 Å². The normalized spacial score (nSPS) is 14.7. The third-order valence-corrected chi connectivity index (χ3v) is 6.88. The van der Waals surface area contributed by atoms with E-state index >= 15 is 0 Å². The number of carbonyl (C=O) groups is 1. The van der Waals surface area contributed by atoms with E-state index in [0.717, 1.165) is 28.3 Å². The second kappa shape index (κ2) is 10.3. The maximum absolute atomic E-state index is 13.6. The molecule has 7 nitrogen and oxygen atoms in total. The Kier molecular flexibility index (Phi) is 6.77. The first-order valence-corrected chi connectivity index (χ1v) is 12.6. The number of amides is 1. The van der Waals surface area contributed by atoms with Crippen LogP contribution in [0.5, 0.6) is 5.75 Å². The lowest BCUT2D eigenvalue weighted by atomic mass is 9.95. The summed E-state index contributed by atoms with van der Waals surface area (Å²) < 4.78 is 7.27. The molecule has 1 aromatic heterocycles. The Morgan fingerprint density at radius 1 is 1.06 bits per heavy atom. The number of rotatable bonds is 7. The number of benzene rings is 3. The Hall–Kier alpha value is -4.04. The van der Waals surface area contributed by atoms with Gasteiger partial charge in [-0.25, -0.2) is 4.68 Å². The van der Waals surface area contributed by atoms with Crippen LogP contribution >= 0.6 is 11.8 Å². The summed E-state index contributed by atoms with van der Waals surface area (Å²) in [6.45, 7) is 3.89. The Morgan fingerprint density at radius 2 is 1.86 bits per heavy atom. The van der Waals surface area contributed by atoms with Crippen LogP contribution in [0.4, 0.5) is 11.6 Å². The van der Waals surface area contributed by atoms with Crippen LogP contribution in [0.2, 0.25) is 0 Å². The molecule has 2 N–H and O–H groups in total. The number of nitrogens with zero attached hydrogens (tertiary/aromatic N) is 3. The zero-order chi connectivity index (χ0) is 25.1. The summed E-state index contributed by atoms with van der Waals surface area (Å²) >= 11 is 1.56. The quantitative estimate of drug-likeness (QED) is 0.314. The van der Waals surface area contributed by atoms with Crippen molar-refractivity contribution >= 4 is 29.3 Å². The summed E-state index contributed by atoms with van der Waals surface area (Å²) in [4.78, 5) is 18.4. The fourth-order valence-electron chi connectivity index (χ4n) is 4.25. The highest BCUT2D eigenvalue weighted by molar-refractivity contribution is 7.98. The van der Waals surface area contributed by atoms with Gasteiger partial charge in [-0.05, 0) is 54.8 Å². The minimum atomic E-state index is -0.472. The van der Waals surface area contributed by atoms with Crippen molar-refractivity contribution in [2.75, 3.05) is 17.7 Å². The monoisotopic (exact) mass is 497 g/mol. The van der Waals surface area contributed by atoms with Gasteiger partial charge in [0.1, 0.15) is 11.8 Å². The number of allylic oxidation sites excluding steroid dienone is 1. The first kappa shape index (κ1) is 23.7. The van der Waals surface area contributed by atoms with E-state index in [9.17, 15) is 4.79 Å². The Bertz CT molecular complexity index is 1430. The van der Waals surface area contributed by atoms with Gasteiger partial charge in [0, 0.05) is 17.1 Å². The number of methoxy groups -OCH3 is 1. The molecule has 1 aliphatic heterocycles. The molecule has 0 saturated carbocycles. The van der Waals surface area contributed by atoms with Gasteiger partial charge in [0.2, 0.25) is 11.1 Å². The number of hydrogen-bond donors (Lipinski definition) is 2. The predicted octanol–water partition coefficient (Wildman–Crippen LogP) is 5.82. The molecule has 0 bridgehead atoms. The molecule has 1 atom stereocenters. The van der Waals surface area contributed by atoms with Gasteiger partial charge in [-0.15, -0.1) is 5.10 Å². The molecule has 0 fully saturated rings. The van der Waals surface area contributed by atoms with Crippen LogP contribution in [0.25, 0.3) is 0 Å². The van der Waals surface area contributed by atoms with Crippen molar-refractivity contribution in [3.8, 4) is 5.75 Å². The summed E-state index contributed by atoms with van der Waals surface area (Å²) in [5, 5.41) is 11.8. The number of nitrogens with one attached hydrogen (secondary N) is 2. The van der Waals surface area contributed by atoms with Gasteiger partial charge in [-0.2, -0.15) is 4.98 Å². The Labute approximate surface area is 214 Å². The smallest absolute Gasteiger partial charge is 0.255 e. The van der Waals surface area contributed by atoms with Crippen LogP contribution in [0.15, 0.2) is 95.3 Å². The molecular formula is C28H27N5O2S. The van der Waals surface area contributed by atoms with Gasteiger partial charge < -0.3 is 15.4 Å². The summed E-state index contributed by atoms with van der Waals surface area (Å²) in [6.07, 6.45) is 0. The van der Waals surface area contributed by atoms with Crippen molar-refractivity contribution in [1.82, 2.24) is 14.8 Å². The van der Waals surface area contributed by atoms with Crippen molar-refractivity contribution in [2.45, 2.75) is 30.8 Å². The molecule has 3 aromatic carbocycles. The van der Waals surface area contributed by atoms with E-state index in [2.05, 4.69) is 22.8 Å². The lowest BCUT2D eigenvalue weighted by Crippen LogP contribution is -2.31. The van der Waals surface area contributed by atoms with Gasteiger partial charge >= 0.3 is 0 Å². The van der Waals surface area contributed by atoms with Crippen LogP contribution in [0, 0.1) is 6.92 Å². The van der Waals surface area contributed by atoms with Crippen LogP contribution in [0.1, 0.15) is 29.7 Å². The predicted molar refractivity (Wildman–Crippen MR) is 143 cm³/mol. The van der Waals surface area contributed by atoms with Crippen LogP contribution < -0.4 is 15.4 Å². The highest BCUT2D eigenvalue weighted by Crippen LogP contribution is 2.38. The molecule has 0 saturated heterocycles. The zero-order valence-electron chi connectivity index (χ0n) is 20.4. The van der Waals surface area contributed by atoms with Crippen LogP contribution in [-0.2, 0) is 10.5 Å². The van der Waals surface area contributed by atoms with E-state index in [1.165, 1.54) is 5.56 Å². The molecule has 2 heterocycles. The van der Waals surface area contributed by atoms with Crippen molar-refractivity contribution in [3.63, 3.8) is 0 Å². The Balaban J connectivity index is 1.51. The summed E-state index contributed by atoms with van der Waals surface area (Å²) in [5.74, 6) is 1.87. The van der Waals surface area contributed by atoms with E-state index in [-0.39, 0.29) is 5.91 Å². The molecule has 0 spiro atoms. The minimum Gasteiger partial charge on any atom is -0.497 e. The van der Waals surface area contributed by atoms with Crippen molar-refractivity contribution < 1.29 is 9.53 Å². The molecule has 5 rings (SSSR count). The molecule has 8 heteroatoms. The largest absolute Gasteiger partial charge is 0.497 e. The average molecular weight is 498 g/mol. The third kappa shape index (κ3) is 4.99. The van der Waals surface area contributed by atoms with E-state index < -0.39 is 6.04 Å². The maximum Gasteiger partial charge on any atom is 0.255 e. The lowest BCUT2D eigenvalue weighted by Gasteiger charge is -2.28. The fraction of sp³-hybridized carbons (Fsp3) is 0.179. The number of aryl methyl sites for hydroxylation is 1. The topological polar surface area (TPSA) is 81.1 Å². The number of hydrogen-bond acceptors (Lipinski definition) is 6. The van der Waals surface area contributed by atoms with Gasteiger partial charge in [0.15, 0.2) is 0 Å². The van der Waals surface area contributed by atoms with E-state index in [1.807, 2.05) is 80.6 Å². The number of aromatic nitrogens is 3. The second-order valence-corrected chi connectivity index (χ2v) is 9.55. The maximum atomic E-state index is 13.6. The Morgan fingerprint density at radius 3 is 2.64 bits per heavy atom. The second-order valence-electron chi connectivity index (χ2n) is 8.60. The van der Waals surface area contributed by atoms with Crippen LogP contribution in [0.3, 0.4) is 0 Å². The minimum absolute atomic E-state index is 0.196. The molecule has 1 unspecified atom stereocenters. The number of carbonyl (C=O) groups excluding carboxylic acids is 1. The van der Waals surface area contributed by atoms with Crippen LogP contribution in [-0.4, -0.2) is 27.8 Å². The molecule has 1 amide bonds. The van der Waals surface area contributed by atoms with Gasteiger partial charge in [0.25, 0.3) is 5.91 Å². The number of thioether (sulfide) groups is 1. The first-order chi connectivity index (χ1) is 17.5. The molecule has 1 aliphatic rings. The molecule has 0 aliphatic carbocycles. The SMILES string of the molecule is COc1cccc(C2C(C(=O)Nc3cccc(C)c3)=C(C)Nc3nc(SCc4ccccc4)nn32)c1. The number of fused-ring (bicyclic) bond motifs is 1. The van der Waals surface area contributed by atoms with Crippen molar-refractivity contribution in [1.29, 1.82) is 0 Å². The van der Waals surface area contributed by atoms with E-state index in [0.29, 0.717) is 22.4 Å². The summed E-state index contributed by atoms with van der Waals surface area (Å²) in [7, 11) is 1.63. The van der Waals surface area contributed by atoms with Gasteiger partial charge in [-0.3, -0.25) is 4.79 Å². The number of anilines is 2.